The molecule has 1 aromatic carbocycles. The van der Waals surface area contributed by atoms with Gasteiger partial charge in [-0.05, 0) is 26.0 Å². The van der Waals surface area contributed by atoms with Crippen molar-refractivity contribution < 1.29 is 13.6 Å². The third kappa shape index (κ3) is 2.33. The Morgan fingerprint density at radius 1 is 1.50 bits per heavy atom. The van der Waals surface area contributed by atoms with Crippen LogP contribution in [0.25, 0.3) is 11.1 Å². The number of amides is 1. The van der Waals surface area contributed by atoms with Crippen molar-refractivity contribution in [3.05, 3.63) is 24.0 Å². The predicted molar refractivity (Wildman–Crippen MR) is 72.9 cm³/mol. The lowest BCUT2D eigenvalue weighted by Crippen LogP contribution is -2.54. The molecule has 5 nitrogen and oxygen atoms in total. The first-order chi connectivity index (χ1) is 9.52. The first-order valence-electron chi connectivity index (χ1n) is 6.64. The molecule has 0 saturated carbocycles. The van der Waals surface area contributed by atoms with E-state index in [0.717, 1.165) is 0 Å². The molecule has 1 N–H and O–H groups in total. The van der Waals surface area contributed by atoms with E-state index in [1.54, 1.807) is 6.07 Å². The van der Waals surface area contributed by atoms with Crippen molar-refractivity contribution in [3.8, 4) is 0 Å². The van der Waals surface area contributed by atoms with Crippen LogP contribution in [-0.4, -0.2) is 30.0 Å². The molecule has 1 saturated heterocycles. The third-order valence-electron chi connectivity index (χ3n) is 3.29. The maximum atomic E-state index is 13.1. The van der Waals surface area contributed by atoms with Crippen molar-refractivity contribution >= 4 is 23.0 Å². The van der Waals surface area contributed by atoms with E-state index in [1.807, 2.05) is 18.7 Å². The van der Waals surface area contributed by atoms with E-state index >= 15 is 0 Å². The molecule has 1 fully saturated rings. The van der Waals surface area contributed by atoms with E-state index in [0.29, 0.717) is 30.2 Å². The summed E-state index contributed by atoms with van der Waals surface area (Å²) in [5.74, 6) is -0.333. The van der Waals surface area contributed by atoms with Crippen LogP contribution in [0.5, 0.6) is 0 Å². The van der Waals surface area contributed by atoms with Gasteiger partial charge in [-0.1, -0.05) is 0 Å². The van der Waals surface area contributed by atoms with Gasteiger partial charge in [0.2, 0.25) is 5.91 Å². The number of anilines is 1. The summed E-state index contributed by atoms with van der Waals surface area (Å²) in [4.78, 5) is 18.0. The molecule has 106 valence electrons. The Hall–Kier alpha value is -2.11. The number of carbonyl (C=O) groups is 1. The number of benzene rings is 1. The minimum absolute atomic E-state index is 0.0378. The fraction of sp³-hybridized carbons (Fsp3) is 0.429. The fourth-order valence-electron chi connectivity index (χ4n) is 2.22. The first-order valence-corrected chi connectivity index (χ1v) is 6.64. The normalized spacial score (nSPS) is 15.7. The zero-order chi connectivity index (χ0) is 14.3. The van der Waals surface area contributed by atoms with Gasteiger partial charge in [-0.15, -0.1) is 0 Å². The number of rotatable bonds is 3. The van der Waals surface area contributed by atoms with E-state index in [2.05, 4.69) is 10.3 Å². The van der Waals surface area contributed by atoms with E-state index in [4.69, 9.17) is 4.42 Å². The topological polar surface area (TPSA) is 58.4 Å². The number of oxazole rings is 1. The highest BCUT2D eigenvalue weighted by atomic mass is 19.1. The number of halogens is 1. The van der Waals surface area contributed by atoms with Crippen molar-refractivity contribution in [2.75, 3.05) is 18.0 Å². The number of nitrogens with zero attached hydrogens (tertiary/aromatic N) is 2. The quantitative estimate of drug-likeness (QED) is 0.931. The van der Waals surface area contributed by atoms with Crippen LogP contribution in [0.4, 0.5) is 10.4 Å². The summed E-state index contributed by atoms with van der Waals surface area (Å²) in [7, 11) is 0. The fourth-order valence-corrected chi connectivity index (χ4v) is 2.22. The highest BCUT2D eigenvalue weighted by Gasteiger charge is 2.35. The molecule has 1 aromatic heterocycles. The lowest BCUT2D eigenvalue weighted by Gasteiger charge is -2.37. The van der Waals surface area contributed by atoms with Gasteiger partial charge in [0, 0.05) is 25.2 Å². The summed E-state index contributed by atoms with van der Waals surface area (Å²) in [6.45, 7) is 5.02. The molecule has 2 aromatic rings. The van der Waals surface area contributed by atoms with Gasteiger partial charge in [-0.2, -0.15) is 4.98 Å². The Balaban J connectivity index is 1.68. The highest BCUT2D eigenvalue weighted by molar-refractivity contribution is 5.82. The molecule has 1 aliphatic rings. The van der Waals surface area contributed by atoms with Crippen LogP contribution in [0, 0.1) is 11.7 Å². The largest absolute Gasteiger partial charge is 0.423 e. The van der Waals surface area contributed by atoms with Crippen LogP contribution in [-0.2, 0) is 4.79 Å². The number of hydrogen-bond donors (Lipinski definition) is 1. The van der Waals surface area contributed by atoms with Crippen LogP contribution in [0.2, 0.25) is 0 Å². The monoisotopic (exact) mass is 277 g/mol. The second kappa shape index (κ2) is 4.77. The van der Waals surface area contributed by atoms with Crippen molar-refractivity contribution in [1.29, 1.82) is 0 Å². The number of nitrogens with one attached hydrogen (secondary N) is 1. The smallest absolute Gasteiger partial charge is 0.298 e. The molecule has 0 spiro atoms. The van der Waals surface area contributed by atoms with Gasteiger partial charge in [0.05, 0.1) is 5.92 Å². The Morgan fingerprint density at radius 2 is 2.25 bits per heavy atom. The summed E-state index contributed by atoms with van der Waals surface area (Å²) < 4.78 is 18.6. The van der Waals surface area contributed by atoms with E-state index in [-0.39, 0.29) is 23.7 Å². The summed E-state index contributed by atoms with van der Waals surface area (Å²) in [5, 5.41) is 2.88. The Bertz CT molecular complexity index is 647. The van der Waals surface area contributed by atoms with E-state index < -0.39 is 0 Å². The molecule has 3 rings (SSSR count). The molecule has 1 amide bonds. The van der Waals surface area contributed by atoms with Crippen molar-refractivity contribution in [3.63, 3.8) is 0 Å². The predicted octanol–water partition coefficient (Wildman–Crippen LogP) is 1.93. The number of carbonyl (C=O) groups excluding carboxylic acids is 1. The Kier molecular flexibility index (Phi) is 3.08. The van der Waals surface area contributed by atoms with E-state index in [1.165, 1.54) is 12.1 Å². The molecular weight excluding hydrogens is 261 g/mol. The van der Waals surface area contributed by atoms with Crippen LogP contribution >= 0.6 is 0 Å². The average molecular weight is 277 g/mol. The standard InChI is InChI=1S/C14H16FN3O2/c1-8(2)16-13(19)9-6-18(7-9)14-17-11-4-3-10(15)5-12(11)20-14/h3-5,8-9H,6-7H2,1-2H3,(H,16,19). The summed E-state index contributed by atoms with van der Waals surface area (Å²) in [5.41, 5.74) is 1.05. The van der Waals surface area contributed by atoms with Crippen LogP contribution in [0.15, 0.2) is 22.6 Å². The number of fused-ring (bicyclic) bond motifs is 1. The van der Waals surface area contributed by atoms with Gasteiger partial charge >= 0.3 is 0 Å². The Labute approximate surface area is 115 Å². The van der Waals surface area contributed by atoms with Crippen LogP contribution < -0.4 is 10.2 Å². The SMILES string of the molecule is CC(C)NC(=O)C1CN(c2nc3ccc(F)cc3o2)C1. The molecule has 0 radical (unpaired) electrons. The molecule has 2 heterocycles. The first kappa shape index (κ1) is 12.9. The molecule has 0 aliphatic carbocycles. The number of aromatic nitrogens is 1. The minimum Gasteiger partial charge on any atom is -0.423 e. The molecule has 0 bridgehead atoms. The zero-order valence-electron chi connectivity index (χ0n) is 11.4. The van der Waals surface area contributed by atoms with Gasteiger partial charge in [0.25, 0.3) is 6.01 Å². The van der Waals surface area contributed by atoms with Crippen LogP contribution in [0.3, 0.4) is 0 Å². The molecule has 1 aliphatic heterocycles. The average Bonchev–Trinajstić information content (AvgIpc) is 2.68. The maximum absolute atomic E-state index is 13.1. The second-order valence-electron chi connectivity index (χ2n) is 5.37. The van der Waals surface area contributed by atoms with Crippen molar-refractivity contribution in [1.82, 2.24) is 10.3 Å². The van der Waals surface area contributed by atoms with Gasteiger partial charge < -0.3 is 14.6 Å². The second-order valence-corrected chi connectivity index (χ2v) is 5.37. The molecule has 6 heteroatoms. The third-order valence-corrected chi connectivity index (χ3v) is 3.29. The lowest BCUT2D eigenvalue weighted by atomic mass is 10.00. The lowest BCUT2D eigenvalue weighted by molar-refractivity contribution is -0.126. The number of hydrogen-bond acceptors (Lipinski definition) is 4. The molecule has 0 unspecified atom stereocenters. The zero-order valence-corrected chi connectivity index (χ0v) is 11.4. The van der Waals surface area contributed by atoms with Crippen molar-refractivity contribution in [2.24, 2.45) is 5.92 Å². The Morgan fingerprint density at radius 3 is 2.95 bits per heavy atom. The molecular formula is C14H16FN3O2. The van der Waals surface area contributed by atoms with Gasteiger partial charge in [0.1, 0.15) is 11.3 Å². The summed E-state index contributed by atoms with van der Waals surface area (Å²) >= 11 is 0. The maximum Gasteiger partial charge on any atom is 0.298 e. The summed E-state index contributed by atoms with van der Waals surface area (Å²) in [6, 6.07) is 4.83. The minimum atomic E-state index is -0.349. The van der Waals surface area contributed by atoms with Gasteiger partial charge in [-0.3, -0.25) is 4.79 Å². The highest BCUT2D eigenvalue weighted by Crippen LogP contribution is 2.28. The van der Waals surface area contributed by atoms with Gasteiger partial charge in [0.15, 0.2) is 5.58 Å². The van der Waals surface area contributed by atoms with E-state index in [9.17, 15) is 9.18 Å². The van der Waals surface area contributed by atoms with Crippen molar-refractivity contribution in [2.45, 2.75) is 19.9 Å². The summed E-state index contributed by atoms with van der Waals surface area (Å²) in [6.07, 6.45) is 0. The van der Waals surface area contributed by atoms with Crippen LogP contribution in [0.1, 0.15) is 13.8 Å². The molecule has 20 heavy (non-hydrogen) atoms. The van der Waals surface area contributed by atoms with Gasteiger partial charge in [-0.25, -0.2) is 4.39 Å². The molecule has 0 atom stereocenters.